The van der Waals surface area contributed by atoms with E-state index in [1.807, 2.05) is 60.7 Å². The van der Waals surface area contributed by atoms with Crippen molar-refractivity contribution in [1.29, 1.82) is 0 Å². The first-order valence-electron chi connectivity index (χ1n) is 9.73. The zero-order valence-corrected chi connectivity index (χ0v) is 16.0. The minimum Gasteiger partial charge on any atom is -0.455 e. The highest BCUT2D eigenvalue weighted by Crippen LogP contribution is 2.31. The molecule has 0 saturated carbocycles. The van der Waals surface area contributed by atoms with Crippen LogP contribution in [0, 0.1) is 0 Å². The van der Waals surface area contributed by atoms with Crippen LogP contribution in [-0.2, 0) is 4.74 Å². The van der Waals surface area contributed by atoms with E-state index in [-0.39, 0.29) is 12.0 Å². The van der Waals surface area contributed by atoms with Crippen molar-refractivity contribution in [3.05, 3.63) is 78.6 Å². The highest BCUT2D eigenvalue weighted by molar-refractivity contribution is 5.92. The normalized spacial score (nSPS) is 15.7. The Morgan fingerprint density at radius 2 is 1.90 bits per heavy atom. The highest BCUT2D eigenvalue weighted by atomic mass is 16.5. The van der Waals surface area contributed by atoms with Gasteiger partial charge in [-0.25, -0.2) is 4.98 Å². The second-order valence-corrected chi connectivity index (χ2v) is 6.81. The first kappa shape index (κ1) is 19.0. The average Bonchev–Trinajstić information content (AvgIpc) is 3.28. The number of para-hydroxylation sites is 3. The molecule has 1 atom stereocenters. The molecule has 29 heavy (non-hydrogen) atoms. The van der Waals surface area contributed by atoms with Crippen molar-refractivity contribution < 1.29 is 14.3 Å². The van der Waals surface area contributed by atoms with Crippen LogP contribution in [0.25, 0.3) is 0 Å². The number of nitrogens with zero attached hydrogens (tertiary/aromatic N) is 1. The summed E-state index contributed by atoms with van der Waals surface area (Å²) in [6, 6.07) is 20.8. The molecule has 1 aliphatic heterocycles. The molecule has 1 fully saturated rings. The van der Waals surface area contributed by atoms with E-state index < -0.39 is 0 Å². The first-order valence-corrected chi connectivity index (χ1v) is 9.73. The number of carbonyl (C=O) groups excluding carboxylic acids is 1. The monoisotopic (exact) mass is 389 g/mol. The number of benzene rings is 2. The number of hydrogen-bond acceptors (Lipinski definition) is 5. The first-order chi connectivity index (χ1) is 14.3. The van der Waals surface area contributed by atoms with Gasteiger partial charge in [-0.1, -0.05) is 30.3 Å². The third-order valence-corrected chi connectivity index (χ3v) is 4.65. The molecule has 1 unspecified atom stereocenters. The second kappa shape index (κ2) is 9.21. The van der Waals surface area contributed by atoms with E-state index >= 15 is 0 Å². The summed E-state index contributed by atoms with van der Waals surface area (Å²) in [5, 5.41) is 6.18. The van der Waals surface area contributed by atoms with Gasteiger partial charge in [0.1, 0.15) is 11.4 Å². The second-order valence-electron chi connectivity index (χ2n) is 6.81. The van der Waals surface area contributed by atoms with Crippen molar-refractivity contribution >= 4 is 17.3 Å². The lowest BCUT2D eigenvalue weighted by Crippen LogP contribution is -2.32. The fourth-order valence-electron chi connectivity index (χ4n) is 3.13. The van der Waals surface area contributed by atoms with Crippen LogP contribution in [0.5, 0.6) is 11.5 Å². The molecule has 148 valence electrons. The molecule has 6 heteroatoms. The SMILES string of the molecule is O=C(NCC1CCCO1)c1ccc(Nc2ccccc2Oc2ccccc2)cn1. The van der Waals surface area contributed by atoms with Gasteiger partial charge in [0.2, 0.25) is 0 Å². The molecule has 1 aromatic heterocycles. The largest absolute Gasteiger partial charge is 0.455 e. The Morgan fingerprint density at radius 1 is 1.07 bits per heavy atom. The minimum absolute atomic E-state index is 0.112. The number of anilines is 2. The van der Waals surface area contributed by atoms with Crippen molar-refractivity contribution in [2.45, 2.75) is 18.9 Å². The van der Waals surface area contributed by atoms with Gasteiger partial charge in [0.05, 0.1) is 23.7 Å². The number of ether oxygens (including phenoxy) is 2. The number of rotatable bonds is 7. The summed E-state index contributed by atoms with van der Waals surface area (Å²) in [4.78, 5) is 16.5. The average molecular weight is 389 g/mol. The molecule has 2 N–H and O–H groups in total. The van der Waals surface area contributed by atoms with Crippen LogP contribution < -0.4 is 15.4 Å². The summed E-state index contributed by atoms with van der Waals surface area (Å²) in [5.41, 5.74) is 1.96. The Labute approximate surface area is 169 Å². The van der Waals surface area contributed by atoms with Crippen LogP contribution in [0.1, 0.15) is 23.3 Å². The van der Waals surface area contributed by atoms with Gasteiger partial charge in [-0.15, -0.1) is 0 Å². The van der Waals surface area contributed by atoms with E-state index in [9.17, 15) is 4.79 Å². The summed E-state index contributed by atoms with van der Waals surface area (Å²) in [5.74, 6) is 1.27. The van der Waals surface area contributed by atoms with Crippen LogP contribution in [0.15, 0.2) is 72.9 Å². The molecule has 4 rings (SSSR count). The predicted octanol–water partition coefficient (Wildman–Crippen LogP) is 4.53. The summed E-state index contributed by atoms with van der Waals surface area (Å²) < 4.78 is 11.5. The maximum absolute atomic E-state index is 12.3. The van der Waals surface area contributed by atoms with Crippen molar-refractivity contribution in [3.8, 4) is 11.5 Å². The van der Waals surface area contributed by atoms with Crippen molar-refractivity contribution in [1.82, 2.24) is 10.3 Å². The van der Waals surface area contributed by atoms with E-state index in [1.165, 1.54) is 0 Å². The summed E-state index contributed by atoms with van der Waals surface area (Å²) in [7, 11) is 0. The number of carbonyl (C=O) groups is 1. The van der Waals surface area contributed by atoms with E-state index in [0.717, 1.165) is 36.6 Å². The molecule has 2 aromatic carbocycles. The fourth-order valence-corrected chi connectivity index (χ4v) is 3.13. The topological polar surface area (TPSA) is 72.5 Å². The van der Waals surface area contributed by atoms with Crippen molar-refractivity contribution in [2.75, 3.05) is 18.5 Å². The van der Waals surface area contributed by atoms with Crippen LogP contribution >= 0.6 is 0 Å². The Bertz CT molecular complexity index is 939. The van der Waals surface area contributed by atoms with Gasteiger partial charge in [-0.2, -0.15) is 0 Å². The molecule has 6 nitrogen and oxygen atoms in total. The van der Waals surface area contributed by atoms with Gasteiger partial charge in [0.15, 0.2) is 5.75 Å². The van der Waals surface area contributed by atoms with Crippen LogP contribution in [0.3, 0.4) is 0 Å². The zero-order chi connectivity index (χ0) is 19.9. The van der Waals surface area contributed by atoms with Gasteiger partial charge >= 0.3 is 0 Å². The highest BCUT2D eigenvalue weighted by Gasteiger charge is 2.17. The lowest BCUT2D eigenvalue weighted by Gasteiger charge is -2.13. The lowest BCUT2D eigenvalue weighted by atomic mass is 10.2. The van der Waals surface area contributed by atoms with E-state index in [1.54, 1.807) is 12.3 Å². The molecule has 1 amide bonds. The van der Waals surface area contributed by atoms with Gasteiger partial charge in [0.25, 0.3) is 5.91 Å². The predicted molar refractivity (Wildman–Crippen MR) is 112 cm³/mol. The van der Waals surface area contributed by atoms with Gasteiger partial charge in [-0.3, -0.25) is 4.79 Å². The Morgan fingerprint density at radius 3 is 2.66 bits per heavy atom. The van der Waals surface area contributed by atoms with Crippen molar-refractivity contribution in [3.63, 3.8) is 0 Å². The molecule has 0 bridgehead atoms. The third-order valence-electron chi connectivity index (χ3n) is 4.65. The minimum atomic E-state index is -0.195. The van der Waals surface area contributed by atoms with Crippen LogP contribution in [-0.4, -0.2) is 30.1 Å². The molecular formula is C23H23N3O3. The molecule has 3 aromatic rings. The van der Waals surface area contributed by atoms with Gasteiger partial charge < -0.3 is 20.1 Å². The smallest absolute Gasteiger partial charge is 0.269 e. The standard InChI is InChI=1S/C23H23N3O3/c27-23(25-16-19-9-6-14-28-19)21-13-12-17(15-24-21)26-20-10-4-5-11-22(20)29-18-7-2-1-3-8-18/h1-5,7-8,10-13,15,19,26H,6,9,14,16H2,(H,25,27). The molecular weight excluding hydrogens is 366 g/mol. The molecule has 0 spiro atoms. The number of aromatic nitrogens is 1. The number of hydrogen-bond donors (Lipinski definition) is 2. The van der Waals surface area contributed by atoms with E-state index in [0.29, 0.717) is 18.0 Å². The third kappa shape index (κ3) is 5.12. The van der Waals surface area contributed by atoms with Gasteiger partial charge in [-0.05, 0) is 49.2 Å². The Hall–Kier alpha value is -3.38. The Kier molecular flexibility index (Phi) is 6.02. The van der Waals surface area contributed by atoms with Crippen molar-refractivity contribution in [2.24, 2.45) is 0 Å². The maximum atomic E-state index is 12.3. The maximum Gasteiger partial charge on any atom is 0.269 e. The number of pyridine rings is 1. The number of amides is 1. The summed E-state index contributed by atoms with van der Waals surface area (Å²) >= 11 is 0. The van der Waals surface area contributed by atoms with E-state index in [4.69, 9.17) is 9.47 Å². The molecule has 0 aliphatic carbocycles. The zero-order valence-electron chi connectivity index (χ0n) is 16.0. The lowest BCUT2D eigenvalue weighted by molar-refractivity contribution is 0.0854. The molecule has 2 heterocycles. The summed E-state index contributed by atoms with van der Waals surface area (Å²) in [6.45, 7) is 1.29. The van der Waals surface area contributed by atoms with Crippen LogP contribution in [0.4, 0.5) is 11.4 Å². The number of nitrogens with one attached hydrogen (secondary N) is 2. The Balaban J connectivity index is 1.39. The molecule has 0 radical (unpaired) electrons. The van der Waals surface area contributed by atoms with E-state index in [2.05, 4.69) is 15.6 Å². The summed E-state index contributed by atoms with van der Waals surface area (Å²) in [6.07, 6.45) is 3.79. The quantitative estimate of drug-likeness (QED) is 0.621. The molecule has 1 aliphatic rings. The fraction of sp³-hybridized carbons (Fsp3) is 0.217. The van der Waals surface area contributed by atoms with Crippen LogP contribution in [0.2, 0.25) is 0 Å². The molecule has 1 saturated heterocycles. The van der Waals surface area contributed by atoms with Gasteiger partial charge in [0, 0.05) is 13.2 Å².